The van der Waals surface area contributed by atoms with Gasteiger partial charge in [0.25, 0.3) is 0 Å². The Balaban J connectivity index is 2.11. The molecule has 0 spiro atoms. The molecule has 0 saturated heterocycles. The number of fused-ring (bicyclic) bond motifs is 1. The normalized spacial score (nSPS) is 24.5. The molecule has 19 heavy (non-hydrogen) atoms. The molecule has 2 unspecified atom stereocenters. The number of aryl methyl sites for hydroxylation is 1. The van der Waals surface area contributed by atoms with Gasteiger partial charge in [-0.25, -0.2) is 4.98 Å². The van der Waals surface area contributed by atoms with Crippen LogP contribution >= 0.6 is 0 Å². The minimum atomic E-state index is -0.231. The second kappa shape index (κ2) is 5.33. The molecule has 3 nitrogen and oxygen atoms in total. The fraction of sp³-hybridized carbons (Fsp3) is 0.562. The third-order valence-electron chi connectivity index (χ3n) is 4.26. The second-order valence-corrected chi connectivity index (χ2v) is 5.51. The Kier molecular flexibility index (Phi) is 3.56. The smallest absolute Gasteiger partial charge is 0.109 e. The highest BCUT2D eigenvalue weighted by atomic mass is 16.3. The summed E-state index contributed by atoms with van der Waals surface area (Å²) in [6, 6.07) is 8.48. The van der Waals surface area contributed by atoms with Gasteiger partial charge in [-0.1, -0.05) is 38.3 Å². The summed E-state index contributed by atoms with van der Waals surface area (Å²) in [7, 11) is 0. The summed E-state index contributed by atoms with van der Waals surface area (Å²) in [5, 5.41) is 10.5. The Bertz CT molecular complexity index is 561. The predicted molar refractivity (Wildman–Crippen MR) is 77.2 cm³/mol. The maximum atomic E-state index is 10.5. The summed E-state index contributed by atoms with van der Waals surface area (Å²) in [6.07, 6.45) is 6.25. The van der Waals surface area contributed by atoms with E-state index in [2.05, 4.69) is 29.7 Å². The first-order valence-electron chi connectivity index (χ1n) is 7.45. The molecule has 0 amide bonds. The number of para-hydroxylation sites is 2. The van der Waals surface area contributed by atoms with Crippen LogP contribution in [-0.4, -0.2) is 20.8 Å². The number of hydrogen-bond donors (Lipinski definition) is 1. The molecule has 1 heterocycles. The topological polar surface area (TPSA) is 38.0 Å². The molecule has 1 N–H and O–H groups in total. The van der Waals surface area contributed by atoms with Gasteiger partial charge in [0.15, 0.2) is 0 Å². The van der Waals surface area contributed by atoms with Crippen molar-refractivity contribution in [3.05, 3.63) is 30.1 Å². The summed E-state index contributed by atoms with van der Waals surface area (Å²) in [4.78, 5) is 4.72. The van der Waals surface area contributed by atoms with Crippen molar-refractivity contribution in [2.24, 2.45) is 0 Å². The van der Waals surface area contributed by atoms with Crippen molar-refractivity contribution in [2.75, 3.05) is 0 Å². The van der Waals surface area contributed by atoms with Crippen molar-refractivity contribution in [1.29, 1.82) is 0 Å². The minimum Gasteiger partial charge on any atom is -0.391 e. The lowest BCUT2D eigenvalue weighted by Crippen LogP contribution is -2.24. The number of aliphatic hydroxyl groups excluding tert-OH is 1. The lowest BCUT2D eigenvalue weighted by molar-refractivity contribution is 0.106. The number of rotatable bonds is 2. The quantitative estimate of drug-likeness (QED) is 0.838. The molecule has 1 saturated carbocycles. The van der Waals surface area contributed by atoms with E-state index in [4.69, 9.17) is 4.98 Å². The Morgan fingerprint density at radius 1 is 1.21 bits per heavy atom. The molecular formula is C16H22N2O. The summed E-state index contributed by atoms with van der Waals surface area (Å²) in [5.74, 6) is 1.10. The molecule has 1 aliphatic rings. The van der Waals surface area contributed by atoms with Gasteiger partial charge in [-0.15, -0.1) is 0 Å². The van der Waals surface area contributed by atoms with Gasteiger partial charge >= 0.3 is 0 Å². The third-order valence-corrected chi connectivity index (χ3v) is 4.26. The molecule has 1 aromatic heterocycles. The largest absolute Gasteiger partial charge is 0.391 e. The number of hydrogen-bond acceptors (Lipinski definition) is 2. The van der Waals surface area contributed by atoms with Gasteiger partial charge in [0, 0.05) is 6.42 Å². The van der Waals surface area contributed by atoms with E-state index in [-0.39, 0.29) is 12.1 Å². The summed E-state index contributed by atoms with van der Waals surface area (Å²) >= 11 is 0. The summed E-state index contributed by atoms with van der Waals surface area (Å²) in [5.41, 5.74) is 2.22. The fourth-order valence-corrected chi connectivity index (χ4v) is 3.28. The van der Waals surface area contributed by atoms with Crippen LogP contribution in [0.2, 0.25) is 0 Å². The van der Waals surface area contributed by atoms with E-state index in [0.717, 1.165) is 37.0 Å². The lowest BCUT2D eigenvalue weighted by Gasteiger charge is -2.24. The molecule has 1 aliphatic carbocycles. The van der Waals surface area contributed by atoms with Gasteiger partial charge in [0.05, 0.1) is 23.2 Å². The number of imidazole rings is 1. The number of nitrogens with zero attached hydrogens (tertiary/aromatic N) is 2. The van der Waals surface area contributed by atoms with Crippen molar-refractivity contribution < 1.29 is 5.11 Å². The van der Waals surface area contributed by atoms with E-state index < -0.39 is 0 Å². The highest BCUT2D eigenvalue weighted by molar-refractivity contribution is 5.76. The van der Waals surface area contributed by atoms with Crippen molar-refractivity contribution in [2.45, 2.75) is 57.6 Å². The van der Waals surface area contributed by atoms with E-state index >= 15 is 0 Å². The lowest BCUT2D eigenvalue weighted by atomic mass is 10.1. The van der Waals surface area contributed by atoms with Crippen LogP contribution in [0.3, 0.4) is 0 Å². The van der Waals surface area contributed by atoms with Crippen LogP contribution in [-0.2, 0) is 6.42 Å². The van der Waals surface area contributed by atoms with E-state index in [9.17, 15) is 5.11 Å². The highest BCUT2D eigenvalue weighted by Crippen LogP contribution is 2.32. The maximum absolute atomic E-state index is 10.5. The van der Waals surface area contributed by atoms with Crippen LogP contribution in [0.1, 0.15) is 50.9 Å². The van der Waals surface area contributed by atoms with Crippen molar-refractivity contribution in [1.82, 2.24) is 9.55 Å². The first kappa shape index (κ1) is 12.7. The SMILES string of the molecule is CCc1nc2ccccc2n1C1CCCCCC1O. The standard InChI is InChI=1S/C16H22N2O/c1-2-16-17-12-8-6-7-9-13(12)18(16)14-10-4-3-5-11-15(14)19/h6-9,14-15,19H,2-5,10-11H2,1H3. The van der Waals surface area contributed by atoms with Gasteiger partial charge in [-0.05, 0) is 25.0 Å². The zero-order valence-electron chi connectivity index (χ0n) is 11.5. The molecule has 1 aromatic carbocycles. The molecule has 3 heteroatoms. The minimum absolute atomic E-state index is 0.199. The van der Waals surface area contributed by atoms with Crippen LogP contribution in [0, 0.1) is 0 Å². The summed E-state index contributed by atoms with van der Waals surface area (Å²) < 4.78 is 2.30. The Morgan fingerprint density at radius 2 is 2.00 bits per heavy atom. The average molecular weight is 258 g/mol. The zero-order valence-corrected chi connectivity index (χ0v) is 11.5. The van der Waals surface area contributed by atoms with Gasteiger partial charge in [-0.3, -0.25) is 0 Å². The van der Waals surface area contributed by atoms with Crippen LogP contribution in [0.25, 0.3) is 11.0 Å². The molecule has 1 fully saturated rings. The van der Waals surface area contributed by atoms with E-state index in [0.29, 0.717) is 0 Å². The van der Waals surface area contributed by atoms with Crippen molar-refractivity contribution in [3.8, 4) is 0 Å². The molecule has 0 bridgehead atoms. The van der Waals surface area contributed by atoms with Crippen LogP contribution in [0.15, 0.2) is 24.3 Å². The number of aromatic nitrogens is 2. The number of aliphatic hydroxyl groups is 1. The van der Waals surface area contributed by atoms with Crippen LogP contribution in [0.5, 0.6) is 0 Å². The monoisotopic (exact) mass is 258 g/mol. The van der Waals surface area contributed by atoms with Crippen LogP contribution in [0.4, 0.5) is 0 Å². The van der Waals surface area contributed by atoms with Crippen molar-refractivity contribution >= 4 is 11.0 Å². The van der Waals surface area contributed by atoms with Gasteiger partial charge < -0.3 is 9.67 Å². The molecule has 0 aliphatic heterocycles. The van der Waals surface area contributed by atoms with E-state index in [1.807, 2.05) is 6.07 Å². The molecule has 102 valence electrons. The Morgan fingerprint density at radius 3 is 2.84 bits per heavy atom. The summed E-state index contributed by atoms with van der Waals surface area (Å²) in [6.45, 7) is 2.14. The predicted octanol–water partition coefficient (Wildman–Crippen LogP) is 3.46. The molecule has 3 rings (SSSR count). The first-order chi connectivity index (χ1) is 9.31. The zero-order chi connectivity index (χ0) is 13.2. The highest BCUT2D eigenvalue weighted by Gasteiger charge is 2.26. The molecule has 2 aromatic rings. The molecule has 0 radical (unpaired) electrons. The van der Waals surface area contributed by atoms with E-state index in [1.54, 1.807) is 0 Å². The second-order valence-electron chi connectivity index (χ2n) is 5.51. The van der Waals surface area contributed by atoms with Crippen LogP contribution < -0.4 is 0 Å². The Labute approximate surface area is 114 Å². The average Bonchev–Trinajstić information content (AvgIpc) is 2.68. The van der Waals surface area contributed by atoms with Gasteiger partial charge in [0.1, 0.15) is 5.82 Å². The third kappa shape index (κ3) is 2.27. The van der Waals surface area contributed by atoms with Gasteiger partial charge in [-0.2, -0.15) is 0 Å². The molecule has 2 atom stereocenters. The molecular weight excluding hydrogens is 236 g/mol. The number of benzene rings is 1. The van der Waals surface area contributed by atoms with E-state index in [1.165, 1.54) is 18.4 Å². The fourth-order valence-electron chi connectivity index (χ4n) is 3.28. The Hall–Kier alpha value is -1.35. The first-order valence-corrected chi connectivity index (χ1v) is 7.45. The van der Waals surface area contributed by atoms with Crippen molar-refractivity contribution in [3.63, 3.8) is 0 Å². The maximum Gasteiger partial charge on any atom is 0.109 e. The van der Waals surface area contributed by atoms with Gasteiger partial charge in [0.2, 0.25) is 0 Å².